The van der Waals surface area contributed by atoms with E-state index < -0.39 is 0 Å². The maximum Gasteiger partial charge on any atom is 0.154 e. The van der Waals surface area contributed by atoms with E-state index in [0.29, 0.717) is 17.9 Å². The zero-order chi connectivity index (χ0) is 18.5. The topological polar surface area (TPSA) is 44.1 Å². The first-order chi connectivity index (χ1) is 13.3. The molecular weight excluding hydrogens is 336 g/mol. The highest BCUT2D eigenvalue weighted by Crippen LogP contribution is 2.31. The van der Waals surface area contributed by atoms with Crippen LogP contribution < -0.4 is 4.74 Å². The maximum atomic E-state index is 11.8. The minimum absolute atomic E-state index is 0.437. The predicted octanol–water partition coefficient (Wildman–Crippen LogP) is 5.13. The molecule has 0 N–H and O–H groups in total. The van der Waals surface area contributed by atoms with Gasteiger partial charge in [0.15, 0.2) is 6.29 Å². The van der Waals surface area contributed by atoms with E-state index >= 15 is 0 Å². The van der Waals surface area contributed by atoms with Gasteiger partial charge < -0.3 is 4.74 Å². The average molecular weight is 360 g/mol. The fourth-order valence-corrected chi connectivity index (χ4v) is 3.84. The molecule has 0 atom stereocenters. The molecule has 1 saturated carbocycles. The summed E-state index contributed by atoms with van der Waals surface area (Å²) in [7, 11) is 0. The summed E-state index contributed by atoms with van der Waals surface area (Å²) in [5.41, 5.74) is 3.48. The molecule has 1 fully saturated rings. The van der Waals surface area contributed by atoms with Crippen LogP contribution >= 0.6 is 0 Å². The fraction of sp³-hybridized carbons (Fsp3) is 0.304. The molecule has 2 aromatic carbocycles. The van der Waals surface area contributed by atoms with Gasteiger partial charge in [-0.05, 0) is 36.0 Å². The Kier molecular flexibility index (Phi) is 5.33. The van der Waals surface area contributed by atoms with Crippen LogP contribution in [-0.2, 0) is 13.2 Å². The first kappa shape index (κ1) is 17.5. The van der Waals surface area contributed by atoms with Crippen molar-refractivity contribution < 1.29 is 9.53 Å². The van der Waals surface area contributed by atoms with Crippen molar-refractivity contribution in [2.75, 3.05) is 0 Å². The Morgan fingerprint density at radius 1 is 1.07 bits per heavy atom. The lowest BCUT2D eigenvalue weighted by Gasteiger charge is -2.11. The van der Waals surface area contributed by atoms with Gasteiger partial charge in [-0.1, -0.05) is 55.3 Å². The number of carbonyl (C=O) groups excluding carboxylic acids is 1. The van der Waals surface area contributed by atoms with E-state index in [4.69, 9.17) is 4.74 Å². The van der Waals surface area contributed by atoms with E-state index in [0.717, 1.165) is 35.4 Å². The van der Waals surface area contributed by atoms with Crippen LogP contribution in [-0.4, -0.2) is 16.1 Å². The molecule has 0 bridgehead atoms. The van der Waals surface area contributed by atoms with E-state index in [-0.39, 0.29) is 0 Å². The summed E-state index contributed by atoms with van der Waals surface area (Å²) in [6.45, 7) is 1.40. The van der Waals surface area contributed by atoms with Crippen molar-refractivity contribution in [1.82, 2.24) is 9.78 Å². The lowest BCUT2D eigenvalue weighted by Crippen LogP contribution is -2.07. The summed E-state index contributed by atoms with van der Waals surface area (Å²) in [4.78, 5) is 11.8. The quantitative estimate of drug-likeness (QED) is 0.549. The smallest absolute Gasteiger partial charge is 0.154 e. The highest BCUT2D eigenvalue weighted by atomic mass is 16.5. The third-order valence-electron chi connectivity index (χ3n) is 5.29. The van der Waals surface area contributed by atoms with Gasteiger partial charge in [0.25, 0.3) is 0 Å². The summed E-state index contributed by atoms with van der Waals surface area (Å²) in [5.74, 6) is 1.33. The molecule has 0 radical (unpaired) electrons. The number of hydrogen-bond donors (Lipinski definition) is 0. The molecule has 4 nitrogen and oxygen atoms in total. The molecule has 0 saturated heterocycles. The Hall–Kier alpha value is -2.88. The molecular formula is C23H24N2O2. The zero-order valence-corrected chi connectivity index (χ0v) is 15.4. The van der Waals surface area contributed by atoms with Crippen LogP contribution in [0.15, 0.2) is 60.9 Å². The Bertz CT molecular complexity index is 896. The lowest BCUT2D eigenvalue weighted by molar-refractivity contribution is 0.111. The minimum atomic E-state index is 0.437. The van der Waals surface area contributed by atoms with Crippen LogP contribution in [0.4, 0.5) is 0 Å². The molecule has 0 spiro atoms. The van der Waals surface area contributed by atoms with Crippen LogP contribution in [0.25, 0.3) is 11.1 Å². The molecule has 1 heterocycles. The largest absolute Gasteiger partial charge is 0.488 e. The Balaban J connectivity index is 1.54. The number of hydrogen-bond acceptors (Lipinski definition) is 3. The van der Waals surface area contributed by atoms with Crippen molar-refractivity contribution in [3.8, 4) is 16.9 Å². The van der Waals surface area contributed by atoms with Gasteiger partial charge >= 0.3 is 0 Å². The maximum absolute atomic E-state index is 11.8. The highest BCUT2D eigenvalue weighted by molar-refractivity contribution is 5.90. The van der Waals surface area contributed by atoms with Crippen LogP contribution in [0, 0.1) is 5.92 Å². The predicted molar refractivity (Wildman–Crippen MR) is 106 cm³/mol. The number of rotatable bonds is 7. The Morgan fingerprint density at radius 3 is 2.67 bits per heavy atom. The van der Waals surface area contributed by atoms with Crippen LogP contribution in [0.5, 0.6) is 5.75 Å². The van der Waals surface area contributed by atoms with Gasteiger partial charge in [-0.15, -0.1) is 0 Å². The number of ether oxygens (including phenoxy) is 1. The molecule has 3 aromatic rings. The van der Waals surface area contributed by atoms with Gasteiger partial charge in [-0.25, -0.2) is 0 Å². The van der Waals surface area contributed by atoms with E-state index in [1.165, 1.54) is 25.7 Å². The zero-order valence-electron chi connectivity index (χ0n) is 15.4. The average Bonchev–Trinajstić information content (AvgIpc) is 3.39. The van der Waals surface area contributed by atoms with Gasteiger partial charge in [0.2, 0.25) is 0 Å². The van der Waals surface area contributed by atoms with Gasteiger partial charge in [0.1, 0.15) is 12.4 Å². The molecule has 4 heteroatoms. The van der Waals surface area contributed by atoms with Crippen molar-refractivity contribution in [1.29, 1.82) is 0 Å². The molecule has 1 aliphatic rings. The molecule has 4 rings (SSSR count). The number of carbonyl (C=O) groups is 1. The van der Waals surface area contributed by atoms with E-state index in [1.54, 1.807) is 0 Å². The minimum Gasteiger partial charge on any atom is -0.488 e. The molecule has 0 amide bonds. The SMILES string of the molecule is O=Cc1c(OCc2ccccc2)cccc1-c1cnn(CC2CCCC2)c1. The van der Waals surface area contributed by atoms with Crippen LogP contribution in [0.2, 0.25) is 0 Å². The summed E-state index contributed by atoms with van der Waals surface area (Å²) in [6.07, 6.45) is 10.0. The summed E-state index contributed by atoms with van der Waals surface area (Å²) < 4.78 is 7.94. The number of nitrogens with zero attached hydrogens (tertiary/aromatic N) is 2. The fourth-order valence-electron chi connectivity index (χ4n) is 3.84. The first-order valence-corrected chi connectivity index (χ1v) is 9.61. The highest BCUT2D eigenvalue weighted by Gasteiger charge is 2.17. The molecule has 27 heavy (non-hydrogen) atoms. The van der Waals surface area contributed by atoms with Gasteiger partial charge in [0, 0.05) is 18.3 Å². The van der Waals surface area contributed by atoms with Crippen LogP contribution in [0.1, 0.15) is 41.6 Å². The van der Waals surface area contributed by atoms with Crippen molar-refractivity contribution >= 4 is 6.29 Å². The van der Waals surface area contributed by atoms with E-state index in [9.17, 15) is 4.79 Å². The van der Waals surface area contributed by atoms with Crippen LogP contribution in [0.3, 0.4) is 0 Å². The third kappa shape index (κ3) is 4.11. The number of aldehydes is 1. The van der Waals surface area contributed by atoms with E-state index in [2.05, 4.69) is 5.10 Å². The standard InChI is InChI=1S/C23H24N2O2/c26-16-22-21(20-13-24-25(15-20)14-18-7-4-5-8-18)11-6-12-23(22)27-17-19-9-2-1-3-10-19/h1-3,6,9-13,15-16,18H,4-5,7-8,14,17H2. The molecule has 1 aliphatic carbocycles. The van der Waals surface area contributed by atoms with E-state index in [1.807, 2.05) is 65.6 Å². The normalized spacial score (nSPS) is 14.4. The number of aromatic nitrogens is 2. The van der Waals surface area contributed by atoms with Gasteiger partial charge in [-0.3, -0.25) is 9.48 Å². The van der Waals surface area contributed by atoms with Gasteiger partial charge in [-0.2, -0.15) is 5.10 Å². The van der Waals surface area contributed by atoms with Crippen molar-refractivity contribution in [2.24, 2.45) is 5.92 Å². The molecule has 0 unspecified atom stereocenters. The van der Waals surface area contributed by atoms with Crippen molar-refractivity contribution in [3.05, 3.63) is 72.1 Å². The number of benzene rings is 2. The summed E-state index contributed by atoms with van der Waals surface area (Å²) in [5, 5.41) is 4.51. The monoisotopic (exact) mass is 360 g/mol. The summed E-state index contributed by atoms with van der Waals surface area (Å²) in [6, 6.07) is 15.7. The third-order valence-corrected chi connectivity index (χ3v) is 5.29. The molecule has 0 aliphatic heterocycles. The second-order valence-electron chi connectivity index (χ2n) is 7.21. The molecule has 138 valence electrons. The second-order valence-corrected chi connectivity index (χ2v) is 7.21. The summed E-state index contributed by atoms with van der Waals surface area (Å²) >= 11 is 0. The van der Waals surface area contributed by atoms with Crippen molar-refractivity contribution in [2.45, 2.75) is 38.8 Å². The molecule has 1 aromatic heterocycles. The Labute approximate surface area is 159 Å². The lowest BCUT2D eigenvalue weighted by atomic mass is 10.0. The first-order valence-electron chi connectivity index (χ1n) is 9.61. The second kappa shape index (κ2) is 8.21. The Morgan fingerprint density at radius 2 is 1.89 bits per heavy atom. The van der Waals surface area contributed by atoms with Crippen molar-refractivity contribution in [3.63, 3.8) is 0 Å². The van der Waals surface area contributed by atoms with Gasteiger partial charge in [0.05, 0.1) is 11.8 Å².